The summed E-state index contributed by atoms with van der Waals surface area (Å²) in [5.41, 5.74) is 1.07. The third-order valence-corrected chi connectivity index (χ3v) is 4.53. The van der Waals surface area contributed by atoms with Gasteiger partial charge in [0.15, 0.2) is 11.5 Å². The molecule has 0 saturated heterocycles. The molecule has 25 heavy (non-hydrogen) atoms. The van der Waals surface area contributed by atoms with Gasteiger partial charge >= 0.3 is 0 Å². The Morgan fingerprint density at radius 1 is 1.12 bits per heavy atom. The first kappa shape index (κ1) is 19.1. The van der Waals surface area contributed by atoms with E-state index in [1.807, 2.05) is 26.0 Å². The van der Waals surface area contributed by atoms with Gasteiger partial charge in [0.2, 0.25) is 11.8 Å². The van der Waals surface area contributed by atoms with Crippen molar-refractivity contribution < 1.29 is 19.1 Å². The minimum Gasteiger partial charge on any atom is -0.493 e. The monoisotopic (exact) mass is 348 g/mol. The highest BCUT2D eigenvalue weighted by atomic mass is 16.5. The summed E-state index contributed by atoms with van der Waals surface area (Å²) >= 11 is 0. The summed E-state index contributed by atoms with van der Waals surface area (Å²) in [5.74, 6) is 0.932. The lowest BCUT2D eigenvalue weighted by atomic mass is 9.88. The molecule has 0 aromatic heterocycles. The predicted molar refractivity (Wildman–Crippen MR) is 95.7 cm³/mol. The van der Waals surface area contributed by atoms with E-state index in [9.17, 15) is 9.59 Å². The highest BCUT2D eigenvalue weighted by Gasteiger charge is 2.40. The standard InChI is InChI=1S/C19H28N2O4/c1-12(2)20-17(22)19(3,4)18(23)21-8-7-13-9-15(24-5)16(25-6)10-14(13)11-21/h9-10,12H,7-8,11H2,1-6H3,(H,20,22). The lowest BCUT2D eigenvalue weighted by Gasteiger charge is -2.35. The molecule has 0 spiro atoms. The molecule has 0 fully saturated rings. The number of fused-ring (bicyclic) bond motifs is 1. The smallest absolute Gasteiger partial charge is 0.238 e. The fraction of sp³-hybridized carbons (Fsp3) is 0.579. The van der Waals surface area contributed by atoms with Gasteiger partial charge in [0.25, 0.3) is 0 Å². The van der Waals surface area contributed by atoms with Crippen LogP contribution in [0, 0.1) is 5.41 Å². The summed E-state index contributed by atoms with van der Waals surface area (Å²) < 4.78 is 10.7. The van der Waals surface area contributed by atoms with Crippen molar-refractivity contribution in [3.63, 3.8) is 0 Å². The van der Waals surface area contributed by atoms with Gasteiger partial charge in [-0.3, -0.25) is 9.59 Å². The van der Waals surface area contributed by atoms with E-state index in [0.29, 0.717) is 24.6 Å². The van der Waals surface area contributed by atoms with Crippen LogP contribution in [0.2, 0.25) is 0 Å². The number of benzene rings is 1. The zero-order valence-corrected chi connectivity index (χ0v) is 15.9. The average molecular weight is 348 g/mol. The molecule has 1 aliphatic heterocycles. The molecule has 0 saturated carbocycles. The molecule has 1 aliphatic rings. The SMILES string of the molecule is COc1cc2c(cc1OC)CN(C(=O)C(C)(C)C(=O)NC(C)C)CC2. The number of carbonyl (C=O) groups is 2. The van der Waals surface area contributed by atoms with Gasteiger partial charge in [-0.15, -0.1) is 0 Å². The van der Waals surface area contributed by atoms with Crippen molar-refractivity contribution in [2.75, 3.05) is 20.8 Å². The van der Waals surface area contributed by atoms with Gasteiger partial charge in [-0.05, 0) is 57.4 Å². The average Bonchev–Trinajstić information content (AvgIpc) is 2.58. The maximum atomic E-state index is 12.9. The van der Waals surface area contributed by atoms with E-state index >= 15 is 0 Å². The van der Waals surface area contributed by atoms with Crippen molar-refractivity contribution >= 4 is 11.8 Å². The van der Waals surface area contributed by atoms with E-state index in [1.54, 1.807) is 33.0 Å². The first-order valence-electron chi connectivity index (χ1n) is 8.54. The number of rotatable bonds is 5. The lowest BCUT2D eigenvalue weighted by molar-refractivity contribution is -0.149. The normalized spacial score (nSPS) is 14.1. The van der Waals surface area contributed by atoms with Gasteiger partial charge in [0.1, 0.15) is 5.41 Å². The Kier molecular flexibility index (Phi) is 5.60. The minimum absolute atomic E-state index is 0.00150. The van der Waals surface area contributed by atoms with Crippen LogP contribution in [0.15, 0.2) is 12.1 Å². The Morgan fingerprint density at radius 3 is 2.20 bits per heavy atom. The van der Waals surface area contributed by atoms with Gasteiger partial charge in [-0.25, -0.2) is 0 Å². The van der Waals surface area contributed by atoms with Crippen molar-refractivity contribution in [2.45, 2.75) is 46.7 Å². The fourth-order valence-electron chi connectivity index (χ4n) is 2.99. The van der Waals surface area contributed by atoms with Crippen molar-refractivity contribution in [1.82, 2.24) is 10.2 Å². The van der Waals surface area contributed by atoms with E-state index < -0.39 is 5.41 Å². The molecule has 1 aromatic rings. The summed E-state index contributed by atoms with van der Waals surface area (Å²) in [4.78, 5) is 27.1. The minimum atomic E-state index is -1.10. The molecule has 2 amide bonds. The molecule has 138 valence electrons. The number of hydrogen-bond acceptors (Lipinski definition) is 4. The van der Waals surface area contributed by atoms with Gasteiger partial charge in [0, 0.05) is 19.1 Å². The van der Waals surface area contributed by atoms with E-state index in [0.717, 1.165) is 17.5 Å². The topological polar surface area (TPSA) is 67.9 Å². The summed E-state index contributed by atoms with van der Waals surface area (Å²) in [7, 11) is 3.20. The Labute approximate surface area is 149 Å². The molecule has 1 aromatic carbocycles. The maximum Gasteiger partial charge on any atom is 0.238 e. The van der Waals surface area contributed by atoms with Gasteiger partial charge in [-0.1, -0.05) is 0 Å². The molecular weight excluding hydrogens is 320 g/mol. The van der Waals surface area contributed by atoms with Crippen LogP contribution in [0.5, 0.6) is 11.5 Å². The van der Waals surface area contributed by atoms with Crippen LogP contribution in [0.3, 0.4) is 0 Å². The number of carbonyl (C=O) groups excluding carboxylic acids is 2. The largest absolute Gasteiger partial charge is 0.493 e. The molecule has 0 aliphatic carbocycles. The lowest BCUT2D eigenvalue weighted by Crippen LogP contribution is -2.51. The number of ether oxygens (including phenoxy) is 2. The zero-order chi connectivity index (χ0) is 18.8. The molecule has 1 heterocycles. The van der Waals surface area contributed by atoms with Crippen LogP contribution in [-0.2, 0) is 22.6 Å². The molecule has 0 unspecified atom stereocenters. The third-order valence-electron chi connectivity index (χ3n) is 4.53. The van der Waals surface area contributed by atoms with E-state index in [4.69, 9.17) is 9.47 Å². The molecule has 1 N–H and O–H groups in total. The first-order valence-corrected chi connectivity index (χ1v) is 8.54. The van der Waals surface area contributed by atoms with Crippen LogP contribution in [0.4, 0.5) is 0 Å². The molecule has 0 bridgehead atoms. The Balaban J connectivity index is 2.21. The van der Waals surface area contributed by atoms with Crippen LogP contribution in [-0.4, -0.2) is 43.5 Å². The second-order valence-electron chi connectivity index (χ2n) is 7.21. The van der Waals surface area contributed by atoms with E-state index in [2.05, 4.69) is 5.32 Å². The van der Waals surface area contributed by atoms with Crippen molar-refractivity contribution in [2.24, 2.45) is 5.41 Å². The number of nitrogens with zero attached hydrogens (tertiary/aromatic N) is 1. The van der Waals surface area contributed by atoms with Crippen molar-refractivity contribution in [3.8, 4) is 11.5 Å². The highest BCUT2D eigenvalue weighted by Crippen LogP contribution is 2.34. The van der Waals surface area contributed by atoms with Crippen molar-refractivity contribution in [1.29, 1.82) is 0 Å². The van der Waals surface area contributed by atoms with Gasteiger partial charge < -0.3 is 19.7 Å². The van der Waals surface area contributed by atoms with Crippen LogP contribution in [0.1, 0.15) is 38.8 Å². The number of methoxy groups -OCH3 is 2. The summed E-state index contributed by atoms with van der Waals surface area (Å²) in [6.45, 7) is 8.17. The second kappa shape index (κ2) is 7.33. The Morgan fingerprint density at radius 2 is 1.68 bits per heavy atom. The summed E-state index contributed by atoms with van der Waals surface area (Å²) in [6.07, 6.45) is 0.726. The highest BCUT2D eigenvalue weighted by molar-refractivity contribution is 6.04. The third kappa shape index (κ3) is 3.89. The number of amides is 2. The number of hydrogen-bond donors (Lipinski definition) is 1. The van der Waals surface area contributed by atoms with Crippen LogP contribution < -0.4 is 14.8 Å². The molecular formula is C19H28N2O4. The van der Waals surface area contributed by atoms with E-state index in [-0.39, 0.29) is 17.9 Å². The maximum absolute atomic E-state index is 12.9. The Hall–Kier alpha value is -2.24. The fourth-order valence-corrected chi connectivity index (χ4v) is 2.99. The number of nitrogens with one attached hydrogen (secondary N) is 1. The Bertz CT molecular complexity index is 668. The quantitative estimate of drug-likeness (QED) is 0.828. The summed E-state index contributed by atoms with van der Waals surface area (Å²) in [6, 6.07) is 3.87. The van der Waals surface area contributed by atoms with E-state index in [1.165, 1.54) is 0 Å². The molecule has 6 heteroatoms. The molecule has 0 atom stereocenters. The van der Waals surface area contributed by atoms with Crippen LogP contribution >= 0.6 is 0 Å². The second-order valence-corrected chi connectivity index (χ2v) is 7.21. The van der Waals surface area contributed by atoms with Crippen LogP contribution in [0.25, 0.3) is 0 Å². The van der Waals surface area contributed by atoms with Gasteiger partial charge in [0.05, 0.1) is 14.2 Å². The zero-order valence-electron chi connectivity index (χ0n) is 15.9. The van der Waals surface area contributed by atoms with Crippen molar-refractivity contribution in [3.05, 3.63) is 23.3 Å². The first-order chi connectivity index (χ1) is 11.7. The molecule has 6 nitrogen and oxygen atoms in total. The van der Waals surface area contributed by atoms with Gasteiger partial charge in [-0.2, -0.15) is 0 Å². The molecule has 2 rings (SSSR count). The molecule has 0 radical (unpaired) electrons. The predicted octanol–water partition coefficient (Wildman–Crippen LogP) is 2.14. The summed E-state index contributed by atoms with van der Waals surface area (Å²) in [5, 5.41) is 2.83.